The molecule has 0 heterocycles. The van der Waals surface area contributed by atoms with Crippen molar-refractivity contribution in [3.8, 4) is 0 Å². The van der Waals surface area contributed by atoms with Crippen molar-refractivity contribution in [3.63, 3.8) is 0 Å². The Hall–Kier alpha value is -1.55. The largest absolute Gasteiger partial charge is 0.359 e. The summed E-state index contributed by atoms with van der Waals surface area (Å²) in [5, 5.41) is 12.8. The van der Waals surface area contributed by atoms with E-state index >= 15 is 0 Å². The molecule has 1 amide bonds. The molecule has 0 fully saturated rings. The maximum atomic E-state index is 11.5. The van der Waals surface area contributed by atoms with Crippen molar-refractivity contribution in [1.29, 1.82) is 5.41 Å². The Kier molecular flexibility index (Phi) is 4.31. The van der Waals surface area contributed by atoms with Crippen molar-refractivity contribution in [1.82, 2.24) is 10.6 Å². The van der Waals surface area contributed by atoms with Gasteiger partial charge in [0, 0.05) is 12.1 Å². The first-order chi connectivity index (χ1) is 7.54. The van der Waals surface area contributed by atoms with Gasteiger partial charge in [-0.3, -0.25) is 15.5 Å². The number of nitrogens with one attached hydrogen (secondary N) is 3. The molecule has 0 aliphatic heterocycles. The fourth-order valence-corrected chi connectivity index (χ4v) is 1.59. The van der Waals surface area contributed by atoms with Crippen LogP contribution < -0.4 is 10.6 Å². The Morgan fingerprint density at radius 2 is 2.19 bits per heavy atom. The molecule has 0 atom stereocenters. The van der Waals surface area contributed by atoms with E-state index in [9.17, 15) is 4.79 Å². The van der Waals surface area contributed by atoms with Crippen molar-refractivity contribution in [2.45, 2.75) is 13.3 Å². The van der Waals surface area contributed by atoms with E-state index in [1.807, 2.05) is 19.1 Å². The van der Waals surface area contributed by atoms with Gasteiger partial charge in [0.15, 0.2) is 5.96 Å². The highest BCUT2D eigenvalue weighted by Gasteiger charge is 2.10. The van der Waals surface area contributed by atoms with Gasteiger partial charge in [0.05, 0.1) is 6.42 Å². The SMILES string of the molecule is CNC(=N)NC(=O)Cc1c(C)cccc1Cl. The lowest BCUT2D eigenvalue weighted by atomic mass is 10.1. The lowest BCUT2D eigenvalue weighted by molar-refractivity contribution is -0.119. The number of hydrogen-bond donors (Lipinski definition) is 3. The molecule has 1 rings (SSSR count). The number of carbonyl (C=O) groups is 1. The highest BCUT2D eigenvalue weighted by Crippen LogP contribution is 2.19. The lowest BCUT2D eigenvalue weighted by Crippen LogP contribution is -2.39. The summed E-state index contributed by atoms with van der Waals surface area (Å²) in [7, 11) is 1.57. The molecule has 4 nitrogen and oxygen atoms in total. The molecule has 86 valence electrons. The second kappa shape index (κ2) is 5.51. The van der Waals surface area contributed by atoms with Crippen LogP contribution in [0.25, 0.3) is 0 Å². The molecule has 1 aromatic rings. The van der Waals surface area contributed by atoms with Gasteiger partial charge >= 0.3 is 0 Å². The number of carbonyl (C=O) groups excluding carboxylic acids is 1. The van der Waals surface area contributed by atoms with Gasteiger partial charge in [-0.2, -0.15) is 0 Å². The minimum Gasteiger partial charge on any atom is -0.359 e. The van der Waals surface area contributed by atoms with Gasteiger partial charge in [0.1, 0.15) is 0 Å². The van der Waals surface area contributed by atoms with Gasteiger partial charge in [-0.05, 0) is 24.1 Å². The van der Waals surface area contributed by atoms with Crippen molar-refractivity contribution in [2.75, 3.05) is 7.05 Å². The third kappa shape index (κ3) is 3.24. The smallest absolute Gasteiger partial charge is 0.231 e. The fraction of sp³-hybridized carbons (Fsp3) is 0.273. The van der Waals surface area contributed by atoms with Gasteiger partial charge in [-0.25, -0.2) is 0 Å². The lowest BCUT2D eigenvalue weighted by Gasteiger charge is -2.09. The van der Waals surface area contributed by atoms with E-state index in [4.69, 9.17) is 17.0 Å². The molecule has 1 aromatic carbocycles. The molecule has 0 radical (unpaired) electrons. The monoisotopic (exact) mass is 239 g/mol. The quantitative estimate of drug-likeness (QED) is 0.541. The van der Waals surface area contributed by atoms with Crippen molar-refractivity contribution >= 4 is 23.5 Å². The van der Waals surface area contributed by atoms with Gasteiger partial charge in [-0.1, -0.05) is 23.7 Å². The van der Waals surface area contributed by atoms with Crippen molar-refractivity contribution in [3.05, 3.63) is 34.3 Å². The van der Waals surface area contributed by atoms with Crippen LogP contribution in [0.1, 0.15) is 11.1 Å². The van der Waals surface area contributed by atoms with Crippen LogP contribution in [0.5, 0.6) is 0 Å². The van der Waals surface area contributed by atoms with Gasteiger partial charge in [-0.15, -0.1) is 0 Å². The molecule has 0 saturated carbocycles. The van der Waals surface area contributed by atoms with E-state index in [2.05, 4.69) is 10.6 Å². The first-order valence-corrected chi connectivity index (χ1v) is 5.22. The van der Waals surface area contributed by atoms with Gasteiger partial charge < -0.3 is 5.32 Å². The Labute approximate surface area is 99.5 Å². The number of aryl methyl sites for hydroxylation is 1. The normalized spacial score (nSPS) is 9.69. The predicted octanol–water partition coefficient (Wildman–Crippen LogP) is 1.46. The summed E-state index contributed by atoms with van der Waals surface area (Å²) in [5.41, 5.74) is 1.77. The number of halogens is 1. The second-order valence-electron chi connectivity index (χ2n) is 3.39. The summed E-state index contributed by atoms with van der Waals surface area (Å²) in [6, 6.07) is 5.49. The summed E-state index contributed by atoms with van der Waals surface area (Å²) in [4.78, 5) is 11.5. The molecule has 0 saturated heterocycles. The topological polar surface area (TPSA) is 65.0 Å². The first-order valence-electron chi connectivity index (χ1n) is 4.84. The molecule has 0 bridgehead atoms. The Bertz CT molecular complexity index is 397. The highest BCUT2D eigenvalue weighted by atomic mass is 35.5. The summed E-state index contributed by atoms with van der Waals surface area (Å²) in [6.45, 7) is 1.90. The van der Waals surface area contributed by atoms with E-state index in [1.165, 1.54) is 0 Å². The Balaban J connectivity index is 2.73. The van der Waals surface area contributed by atoms with Crippen molar-refractivity contribution < 1.29 is 4.79 Å². The maximum absolute atomic E-state index is 11.5. The standard InChI is InChI=1S/C11H14ClN3O/c1-7-4-3-5-9(12)8(7)6-10(16)15-11(13)14-2/h3-5H,6H2,1-2H3,(H3,13,14,15,16). The minimum absolute atomic E-state index is 0.0188. The summed E-state index contributed by atoms with van der Waals surface area (Å²) in [5.74, 6) is -0.273. The molecule has 0 spiro atoms. The van der Waals surface area contributed by atoms with Crippen LogP contribution in [0.4, 0.5) is 0 Å². The fourth-order valence-electron chi connectivity index (χ4n) is 1.30. The van der Waals surface area contributed by atoms with Crippen LogP contribution in [0.2, 0.25) is 5.02 Å². The number of benzene rings is 1. The van der Waals surface area contributed by atoms with E-state index in [0.717, 1.165) is 11.1 Å². The first kappa shape index (κ1) is 12.5. The van der Waals surface area contributed by atoms with Crippen LogP contribution in [-0.2, 0) is 11.2 Å². The average Bonchev–Trinajstić information content (AvgIpc) is 2.23. The van der Waals surface area contributed by atoms with Crippen LogP contribution in [0.15, 0.2) is 18.2 Å². The predicted molar refractivity (Wildman–Crippen MR) is 64.8 cm³/mol. The maximum Gasteiger partial charge on any atom is 0.231 e. The number of amides is 1. The molecule has 0 aliphatic rings. The summed E-state index contributed by atoms with van der Waals surface area (Å²) >= 11 is 5.99. The summed E-state index contributed by atoms with van der Waals surface area (Å²) in [6.07, 6.45) is 0.176. The number of guanidine groups is 1. The van der Waals surface area contributed by atoms with E-state index in [1.54, 1.807) is 13.1 Å². The number of hydrogen-bond acceptors (Lipinski definition) is 2. The van der Waals surface area contributed by atoms with Crippen LogP contribution >= 0.6 is 11.6 Å². The minimum atomic E-state index is -0.254. The molecular formula is C11H14ClN3O. The molecule has 16 heavy (non-hydrogen) atoms. The third-order valence-electron chi connectivity index (χ3n) is 2.20. The van der Waals surface area contributed by atoms with E-state index < -0.39 is 0 Å². The van der Waals surface area contributed by atoms with E-state index in [-0.39, 0.29) is 18.3 Å². The van der Waals surface area contributed by atoms with Crippen molar-refractivity contribution in [2.24, 2.45) is 0 Å². The average molecular weight is 240 g/mol. The van der Waals surface area contributed by atoms with Crippen LogP contribution in [0.3, 0.4) is 0 Å². The molecule has 0 aliphatic carbocycles. The second-order valence-corrected chi connectivity index (χ2v) is 3.79. The number of rotatable bonds is 2. The van der Waals surface area contributed by atoms with Crippen LogP contribution in [0, 0.1) is 12.3 Å². The summed E-state index contributed by atoms with van der Waals surface area (Å²) < 4.78 is 0. The highest BCUT2D eigenvalue weighted by molar-refractivity contribution is 6.31. The zero-order valence-electron chi connectivity index (χ0n) is 9.23. The van der Waals surface area contributed by atoms with Gasteiger partial charge in [0.25, 0.3) is 0 Å². The van der Waals surface area contributed by atoms with Gasteiger partial charge in [0.2, 0.25) is 5.91 Å². The molecule has 0 aromatic heterocycles. The Morgan fingerprint density at radius 1 is 1.50 bits per heavy atom. The van der Waals surface area contributed by atoms with E-state index in [0.29, 0.717) is 5.02 Å². The van der Waals surface area contributed by atoms with Crippen LogP contribution in [-0.4, -0.2) is 18.9 Å². The zero-order valence-corrected chi connectivity index (χ0v) is 9.98. The molecule has 5 heteroatoms. The molecule has 0 unspecified atom stereocenters. The molecular weight excluding hydrogens is 226 g/mol. The molecule has 3 N–H and O–H groups in total. The third-order valence-corrected chi connectivity index (χ3v) is 2.56. The Morgan fingerprint density at radius 3 is 2.75 bits per heavy atom. The zero-order chi connectivity index (χ0) is 12.1.